The molecule has 1 unspecified atom stereocenters. The topological polar surface area (TPSA) is 48.4 Å². The van der Waals surface area contributed by atoms with Crippen molar-refractivity contribution >= 4 is 11.0 Å². The number of hydrogen-bond donors (Lipinski definition) is 1. The number of furan rings is 1. The first-order chi connectivity index (χ1) is 9.20. The average molecular weight is 259 g/mol. The van der Waals surface area contributed by atoms with Gasteiger partial charge in [-0.05, 0) is 43.9 Å². The molecule has 1 aliphatic carbocycles. The zero-order valence-electron chi connectivity index (χ0n) is 11.6. The first-order valence-corrected chi connectivity index (χ1v) is 7.03. The molecule has 0 amide bonds. The molecule has 2 N–H and O–H groups in total. The van der Waals surface area contributed by atoms with Gasteiger partial charge in [-0.15, -0.1) is 0 Å². The van der Waals surface area contributed by atoms with Crippen LogP contribution in [0.3, 0.4) is 0 Å². The van der Waals surface area contributed by atoms with E-state index in [1.807, 2.05) is 18.2 Å². The molecule has 1 aliphatic rings. The van der Waals surface area contributed by atoms with E-state index in [4.69, 9.17) is 14.9 Å². The van der Waals surface area contributed by atoms with Gasteiger partial charge in [-0.3, -0.25) is 0 Å². The Morgan fingerprint density at radius 1 is 1.32 bits per heavy atom. The van der Waals surface area contributed by atoms with Crippen LogP contribution in [0.15, 0.2) is 22.6 Å². The van der Waals surface area contributed by atoms with E-state index in [2.05, 4.69) is 6.92 Å². The van der Waals surface area contributed by atoms with Crippen LogP contribution in [-0.2, 0) is 0 Å². The van der Waals surface area contributed by atoms with Crippen molar-refractivity contribution in [2.24, 2.45) is 11.7 Å². The third kappa shape index (κ3) is 2.12. The van der Waals surface area contributed by atoms with Gasteiger partial charge in [-0.2, -0.15) is 0 Å². The lowest BCUT2D eigenvalue weighted by atomic mass is 9.94. The monoisotopic (exact) mass is 259 g/mol. The fourth-order valence-electron chi connectivity index (χ4n) is 3.19. The van der Waals surface area contributed by atoms with Crippen molar-refractivity contribution in [2.75, 3.05) is 7.11 Å². The molecule has 1 fully saturated rings. The minimum absolute atomic E-state index is 0.0286. The largest absolute Gasteiger partial charge is 0.497 e. The lowest BCUT2D eigenvalue weighted by molar-refractivity contribution is 0.378. The second-order valence-electron chi connectivity index (χ2n) is 5.52. The highest BCUT2D eigenvalue weighted by Crippen LogP contribution is 2.38. The van der Waals surface area contributed by atoms with Crippen molar-refractivity contribution in [3.8, 4) is 5.75 Å². The van der Waals surface area contributed by atoms with Crippen molar-refractivity contribution in [3.63, 3.8) is 0 Å². The summed E-state index contributed by atoms with van der Waals surface area (Å²) < 4.78 is 11.3. The predicted molar refractivity (Wildman–Crippen MR) is 76.4 cm³/mol. The van der Waals surface area contributed by atoms with Gasteiger partial charge in [-0.1, -0.05) is 12.8 Å². The normalized spacial score (nSPS) is 18.1. The van der Waals surface area contributed by atoms with E-state index in [-0.39, 0.29) is 6.04 Å². The Kier molecular flexibility index (Phi) is 3.23. The number of aryl methyl sites for hydroxylation is 1. The molecule has 0 spiro atoms. The summed E-state index contributed by atoms with van der Waals surface area (Å²) in [5.41, 5.74) is 8.48. The molecule has 3 nitrogen and oxygen atoms in total. The van der Waals surface area contributed by atoms with E-state index in [1.165, 1.54) is 25.7 Å². The Bertz CT molecular complexity index is 582. The Labute approximate surface area is 113 Å². The van der Waals surface area contributed by atoms with Gasteiger partial charge in [0.15, 0.2) is 0 Å². The van der Waals surface area contributed by atoms with Crippen LogP contribution in [0.25, 0.3) is 11.0 Å². The van der Waals surface area contributed by atoms with Gasteiger partial charge in [0.2, 0.25) is 0 Å². The van der Waals surface area contributed by atoms with Crippen molar-refractivity contribution in [3.05, 3.63) is 29.5 Å². The molecule has 102 valence electrons. The molecule has 0 bridgehead atoms. The molecule has 0 saturated heterocycles. The second-order valence-corrected chi connectivity index (χ2v) is 5.52. The summed E-state index contributed by atoms with van der Waals surface area (Å²) in [5.74, 6) is 2.38. The van der Waals surface area contributed by atoms with E-state index in [1.54, 1.807) is 7.11 Å². The van der Waals surface area contributed by atoms with Crippen LogP contribution >= 0.6 is 0 Å². The van der Waals surface area contributed by atoms with Crippen LogP contribution in [0.4, 0.5) is 0 Å². The number of rotatable bonds is 3. The Morgan fingerprint density at radius 2 is 2.05 bits per heavy atom. The number of methoxy groups -OCH3 is 1. The van der Waals surface area contributed by atoms with Crippen molar-refractivity contribution < 1.29 is 9.15 Å². The van der Waals surface area contributed by atoms with Crippen molar-refractivity contribution in [1.29, 1.82) is 0 Å². The van der Waals surface area contributed by atoms with Crippen LogP contribution in [0.5, 0.6) is 5.75 Å². The molecule has 2 aromatic rings. The summed E-state index contributed by atoms with van der Waals surface area (Å²) in [4.78, 5) is 0. The van der Waals surface area contributed by atoms with Gasteiger partial charge in [0.1, 0.15) is 17.1 Å². The van der Waals surface area contributed by atoms with E-state index < -0.39 is 0 Å². The fraction of sp³-hybridized carbons (Fsp3) is 0.500. The summed E-state index contributed by atoms with van der Waals surface area (Å²) in [7, 11) is 1.68. The SMILES string of the molecule is COc1ccc2oc(C(N)C3CCCC3)c(C)c2c1. The van der Waals surface area contributed by atoms with Crippen LogP contribution in [0, 0.1) is 12.8 Å². The maximum Gasteiger partial charge on any atom is 0.134 e. The third-order valence-electron chi connectivity index (χ3n) is 4.39. The Morgan fingerprint density at radius 3 is 2.74 bits per heavy atom. The average Bonchev–Trinajstić information content (AvgIpc) is 3.06. The van der Waals surface area contributed by atoms with Crippen molar-refractivity contribution in [1.82, 2.24) is 0 Å². The molecular weight excluding hydrogens is 238 g/mol. The molecule has 1 atom stereocenters. The van der Waals surface area contributed by atoms with Crippen molar-refractivity contribution in [2.45, 2.75) is 38.6 Å². The minimum atomic E-state index is 0.0286. The molecule has 3 heteroatoms. The minimum Gasteiger partial charge on any atom is -0.497 e. The van der Waals surface area contributed by atoms with E-state index in [0.717, 1.165) is 28.0 Å². The molecule has 1 heterocycles. The molecule has 0 radical (unpaired) electrons. The van der Waals surface area contributed by atoms with Gasteiger partial charge in [0.25, 0.3) is 0 Å². The zero-order chi connectivity index (χ0) is 13.4. The predicted octanol–water partition coefficient (Wildman–Crippen LogP) is 3.94. The number of ether oxygens (including phenoxy) is 1. The number of hydrogen-bond acceptors (Lipinski definition) is 3. The van der Waals surface area contributed by atoms with Crippen LogP contribution in [-0.4, -0.2) is 7.11 Å². The number of nitrogens with two attached hydrogens (primary N) is 1. The fourth-order valence-corrected chi connectivity index (χ4v) is 3.19. The van der Waals surface area contributed by atoms with E-state index >= 15 is 0 Å². The summed E-state index contributed by atoms with van der Waals surface area (Å²) in [5, 5.41) is 1.11. The van der Waals surface area contributed by atoms with E-state index in [0.29, 0.717) is 5.92 Å². The molecule has 1 saturated carbocycles. The maximum atomic E-state index is 6.41. The smallest absolute Gasteiger partial charge is 0.134 e. The van der Waals surface area contributed by atoms with E-state index in [9.17, 15) is 0 Å². The van der Waals surface area contributed by atoms with Gasteiger partial charge < -0.3 is 14.9 Å². The standard InChI is InChI=1S/C16H21NO2/c1-10-13-9-12(18-2)7-8-14(13)19-16(10)15(17)11-5-3-4-6-11/h7-9,11,15H,3-6,17H2,1-2H3. The van der Waals surface area contributed by atoms with Gasteiger partial charge >= 0.3 is 0 Å². The lowest BCUT2D eigenvalue weighted by Gasteiger charge is -2.17. The summed E-state index contributed by atoms with van der Waals surface area (Å²) >= 11 is 0. The lowest BCUT2D eigenvalue weighted by Crippen LogP contribution is -2.19. The number of benzene rings is 1. The first kappa shape index (κ1) is 12.5. The zero-order valence-corrected chi connectivity index (χ0v) is 11.6. The molecule has 3 rings (SSSR count). The van der Waals surface area contributed by atoms with Gasteiger partial charge in [0, 0.05) is 10.9 Å². The highest BCUT2D eigenvalue weighted by atomic mass is 16.5. The molecular formula is C16H21NO2. The summed E-state index contributed by atoms with van der Waals surface area (Å²) in [6.45, 7) is 2.09. The molecule has 0 aliphatic heterocycles. The second kappa shape index (κ2) is 4.89. The molecule has 1 aromatic carbocycles. The maximum absolute atomic E-state index is 6.41. The third-order valence-corrected chi connectivity index (χ3v) is 4.39. The summed E-state index contributed by atoms with van der Waals surface area (Å²) in [6, 6.07) is 5.95. The Hall–Kier alpha value is -1.48. The number of fused-ring (bicyclic) bond motifs is 1. The van der Waals surface area contributed by atoms with Gasteiger partial charge in [0.05, 0.1) is 13.2 Å². The van der Waals surface area contributed by atoms with Crippen LogP contribution < -0.4 is 10.5 Å². The first-order valence-electron chi connectivity index (χ1n) is 7.03. The molecule has 19 heavy (non-hydrogen) atoms. The highest BCUT2D eigenvalue weighted by molar-refractivity contribution is 5.83. The quantitative estimate of drug-likeness (QED) is 0.908. The summed E-state index contributed by atoms with van der Waals surface area (Å²) in [6.07, 6.45) is 5.04. The highest BCUT2D eigenvalue weighted by Gasteiger charge is 2.27. The van der Waals surface area contributed by atoms with Gasteiger partial charge in [-0.25, -0.2) is 0 Å². The molecule has 1 aromatic heterocycles. The van der Waals surface area contributed by atoms with Crippen LogP contribution in [0.1, 0.15) is 43.0 Å². The van der Waals surface area contributed by atoms with Crippen LogP contribution in [0.2, 0.25) is 0 Å². The Balaban J connectivity index is 2.01.